The topological polar surface area (TPSA) is 91.5 Å². The van der Waals surface area contributed by atoms with Crippen LogP contribution in [-0.2, 0) is 14.3 Å². The number of pyridine rings is 1. The van der Waals surface area contributed by atoms with E-state index in [0.29, 0.717) is 23.2 Å². The molecule has 4 heterocycles. The fraction of sp³-hybridized carbons (Fsp3) is 0.333. The van der Waals surface area contributed by atoms with E-state index in [9.17, 15) is 9.59 Å². The normalized spacial score (nSPS) is 16.9. The van der Waals surface area contributed by atoms with Crippen LogP contribution in [0.15, 0.2) is 16.7 Å². The number of ether oxygens (including phenoxy) is 2. The molecule has 1 aliphatic heterocycles. The van der Waals surface area contributed by atoms with Crippen molar-refractivity contribution in [1.82, 2.24) is 10.1 Å². The van der Waals surface area contributed by atoms with Crippen molar-refractivity contribution in [3.63, 3.8) is 0 Å². The summed E-state index contributed by atoms with van der Waals surface area (Å²) >= 11 is 1.65. The largest absolute Gasteiger partial charge is 0.463 e. The number of aryl methyl sites for hydroxylation is 3. The number of carbonyl (C=O) groups excluding carboxylic acids is 2. The molecule has 8 heteroatoms. The van der Waals surface area contributed by atoms with E-state index in [1.807, 2.05) is 19.9 Å². The van der Waals surface area contributed by atoms with Crippen LogP contribution in [0.25, 0.3) is 22.4 Å². The van der Waals surface area contributed by atoms with E-state index in [2.05, 4.69) is 10.1 Å². The average Bonchev–Trinajstić information content (AvgIpc) is 3.27. The summed E-state index contributed by atoms with van der Waals surface area (Å²) < 4.78 is 15.5. The van der Waals surface area contributed by atoms with Crippen LogP contribution in [0.5, 0.6) is 0 Å². The maximum Gasteiger partial charge on any atom is 0.347 e. The number of fused-ring (bicyclic) bond motifs is 1. The number of cyclic esters (lactones) is 1. The summed E-state index contributed by atoms with van der Waals surface area (Å²) in [5.41, 5.74) is 2.63. The maximum atomic E-state index is 12.8. The van der Waals surface area contributed by atoms with Gasteiger partial charge in [0.1, 0.15) is 0 Å². The van der Waals surface area contributed by atoms with Gasteiger partial charge in [-0.05, 0) is 32.9 Å². The third kappa shape index (κ3) is 2.76. The van der Waals surface area contributed by atoms with Gasteiger partial charge >= 0.3 is 11.9 Å². The van der Waals surface area contributed by atoms with Gasteiger partial charge in [0.05, 0.1) is 28.9 Å². The highest BCUT2D eigenvalue weighted by atomic mass is 32.1. The highest BCUT2D eigenvalue weighted by molar-refractivity contribution is 7.12. The van der Waals surface area contributed by atoms with E-state index < -0.39 is 18.0 Å². The minimum Gasteiger partial charge on any atom is -0.463 e. The van der Waals surface area contributed by atoms with Crippen molar-refractivity contribution in [3.05, 3.63) is 33.1 Å². The fourth-order valence-electron chi connectivity index (χ4n) is 3.06. The maximum absolute atomic E-state index is 12.8. The van der Waals surface area contributed by atoms with Gasteiger partial charge in [-0.1, -0.05) is 5.16 Å². The van der Waals surface area contributed by atoms with Gasteiger partial charge in [-0.3, -0.25) is 0 Å². The van der Waals surface area contributed by atoms with Gasteiger partial charge in [0, 0.05) is 21.7 Å². The van der Waals surface area contributed by atoms with Crippen LogP contribution in [0, 0.1) is 20.8 Å². The first-order valence-corrected chi connectivity index (χ1v) is 8.97. The number of carbonyl (C=O) groups is 2. The summed E-state index contributed by atoms with van der Waals surface area (Å²) in [6, 6.07) is 3.69. The van der Waals surface area contributed by atoms with E-state index in [-0.39, 0.29) is 17.9 Å². The van der Waals surface area contributed by atoms with Crippen LogP contribution >= 0.6 is 11.3 Å². The first-order valence-electron chi connectivity index (χ1n) is 8.16. The van der Waals surface area contributed by atoms with Crippen molar-refractivity contribution in [3.8, 4) is 11.3 Å². The lowest BCUT2D eigenvalue weighted by Gasteiger charge is -2.10. The predicted molar refractivity (Wildman–Crippen MR) is 94.1 cm³/mol. The summed E-state index contributed by atoms with van der Waals surface area (Å²) in [5.74, 6) is -1.13. The Bertz CT molecular complexity index is 1040. The standard InChI is InChI=1S/C18H16N2O5S/c1-8-6-11(10(3)26-8)13-7-12(15-9(2)20-25-16(15)19-13)17(21)24-14-4-5-23-18(14)22/h6-7,14H,4-5H2,1-3H3/t14-/m1/s1. The molecule has 7 nitrogen and oxygen atoms in total. The first-order chi connectivity index (χ1) is 12.4. The molecule has 1 atom stereocenters. The zero-order chi connectivity index (χ0) is 18.4. The molecule has 0 N–H and O–H groups in total. The molecular weight excluding hydrogens is 356 g/mol. The van der Waals surface area contributed by atoms with Gasteiger partial charge in [0.2, 0.25) is 6.10 Å². The minimum absolute atomic E-state index is 0.257. The van der Waals surface area contributed by atoms with Crippen molar-refractivity contribution in [2.24, 2.45) is 0 Å². The van der Waals surface area contributed by atoms with Crippen molar-refractivity contribution < 1.29 is 23.6 Å². The van der Waals surface area contributed by atoms with Crippen LogP contribution in [0.3, 0.4) is 0 Å². The lowest BCUT2D eigenvalue weighted by Crippen LogP contribution is -2.23. The van der Waals surface area contributed by atoms with Crippen LogP contribution in [0.2, 0.25) is 0 Å². The van der Waals surface area contributed by atoms with E-state index >= 15 is 0 Å². The molecule has 0 unspecified atom stereocenters. The molecule has 0 aromatic carbocycles. The molecule has 0 bridgehead atoms. The number of aromatic nitrogens is 2. The number of thiophene rings is 1. The Morgan fingerprint density at radius 3 is 2.77 bits per heavy atom. The first kappa shape index (κ1) is 16.7. The fourth-order valence-corrected chi connectivity index (χ4v) is 3.99. The molecular formula is C18H16N2O5S. The lowest BCUT2D eigenvalue weighted by molar-refractivity contribution is -0.145. The van der Waals surface area contributed by atoms with Gasteiger partial charge in [-0.2, -0.15) is 0 Å². The Morgan fingerprint density at radius 1 is 1.31 bits per heavy atom. The second kappa shape index (κ2) is 6.21. The van der Waals surface area contributed by atoms with Crippen LogP contribution in [0.4, 0.5) is 0 Å². The molecule has 1 saturated heterocycles. The number of rotatable bonds is 3. The zero-order valence-corrected chi connectivity index (χ0v) is 15.3. The van der Waals surface area contributed by atoms with Crippen molar-refractivity contribution in [2.75, 3.05) is 6.61 Å². The second-order valence-electron chi connectivity index (χ2n) is 6.18. The quantitative estimate of drug-likeness (QED) is 0.651. The molecule has 134 valence electrons. The van der Waals surface area contributed by atoms with Crippen molar-refractivity contribution >= 4 is 34.4 Å². The average molecular weight is 372 g/mol. The number of nitrogens with zero attached hydrogens (tertiary/aromatic N) is 2. The van der Waals surface area contributed by atoms with Gasteiger partial charge in [-0.15, -0.1) is 11.3 Å². The molecule has 1 aliphatic rings. The summed E-state index contributed by atoms with van der Waals surface area (Å²) in [5, 5.41) is 4.41. The third-order valence-electron chi connectivity index (χ3n) is 4.29. The predicted octanol–water partition coefficient (Wildman–Crippen LogP) is 3.35. The molecule has 0 saturated carbocycles. The highest BCUT2D eigenvalue weighted by Crippen LogP contribution is 2.33. The van der Waals surface area contributed by atoms with Gasteiger partial charge in [0.15, 0.2) is 0 Å². The number of hydrogen-bond donors (Lipinski definition) is 0. The zero-order valence-electron chi connectivity index (χ0n) is 14.5. The molecule has 3 aromatic rings. The monoisotopic (exact) mass is 372 g/mol. The third-order valence-corrected chi connectivity index (χ3v) is 5.26. The van der Waals surface area contributed by atoms with Gasteiger partial charge in [-0.25, -0.2) is 14.6 Å². The van der Waals surface area contributed by atoms with Crippen molar-refractivity contribution in [2.45, 2.75) is 33.3 Å². The Labute approximate surface area is 152 Å². The highest BCUT2D eigenvalue weighted by Gasteiger charge is 2.32. The summed E-state index contributed by atoms with van der Waals surface area (Å²) in [6.07, 6.45) is -0.517. The van der Waals surface area contributed by atoms with E-state index in [1.54, 1.807) is 24.3 Å². The number of hydrogen-bond acceptors (Lipinski definition) is 8. The van der Waals surface area contributed by atoms with Crippen molar-refractivity contribution in [1.29, 1.82) is 0 Å². The minimum atomic E-state index is -0.876. The van der Waals surface area contributed by atoms with Crippen LogP contribution in [-0.4, -0.2) is 34.8 Å². The van der Waals surface area contributed by atoms with E-state index in [4.69, 9.17) is 14.0 Å². The summed E-state index contributed by atoms with van der Waals surface area (Å²) in [7, 11) is 0. The summed E-state index contributed by atoms with van der Waals surface area (Å²) in [4.78, 5) is 31.1. The van der Waals surface area contributed by atoms with E-state index in [0.717, 1.165) is 15.3 Å². The van der Waals surface area contributed by atoms with E-state index in [1.165, 1.54) is 0 Å². The Morgan fingerprint density at radius 2 is 2.12 bits per heavy atom. The van der Waals surface area contributed by atoms with Gasteiger partial charge in [0.25, 0.3) is 5.71 Å². The molecule has 1 fully saturated rings. The molecule has 3 aromatic heterocycles. The molecule has 26 heavy (non-hydrogen) atoms. The molecule has 0 amide bonds. The molecule has 0 spiro atoms. The Balaban J connectivity index is 1.81. The lowest BCUT2D eigenvalue weighted by atomic mass is 10.1. The molecule has 4 rings (SSSR count). The smallest absolute Gasteiger partial charge is 0.347 e. The molecule has 0 radical (unpaired) electrons. The Hall–Kier alpha value is -2.74. The second-order valence-corrected chi connectivity index (χ2v) is 7.64. The Kier molecular flexibility index (Phi) is 3.99. The van der Waals surface area contributed by atoms with Gasteiger partial charge < -0.3 is 14.0 Å². The SMILES string of the molecule is Cc1cc(-c2cc(C(=O)O[C@@H]3CCOC3=O)c3c(C)noc3n2)c(C)s1. The number of esters is 2. The molecule has 0 aliphatic carbocycles. The summed E-state index contributed by atoms with van der Waals surface area (Å²) in [6.45, 7) is 6.00. The van der Waals surface area contributed by atoms with Crippen LogP contribution in [0.1, 0.15) is 32.2 Å². The van der Waals surface area contributed by atoms with Crippen LogP contribution < -0.4 is 0 Å².